The molecule has 0 bridgehead atoms. The van der Waals surface area contributed by atoms with Crippen LogP contribution in [0.15, 0.2) is 30.3 Å². The van der Waals surface area contributed by atoms with E-state index in [4.69, 9.17) is 0 Å². The number of hydrogen-bond acceptors (Lipinski definition) is 2. The van der Waals surface area contributed by atoms with Crippen LogP contribution in [0.2, 0.25) is 0 Å². The van der Waals surface area contributed by atoms with Gasteiger partial charge in [-0.1, -0.05) is 44.4 Å². The van der Waals surface area contributed by atoms with Crippen molar-refractivity contribution in [2.45, 2.75) is 51.6 Å². The van der Waals surface area contributed by atoms with E-state index in [0.29, 0.717) is 18.7 Å². The third-order valence-corrected chi connectivity index (χ3v) is 4.57. The summed E-state index contributed by atoms with van der Waals surface area (Å²) < 4.78 is 2.02. The Kier molecular flexibility index (Phi) is 5.18. The zero-order chi connectivity index (χ0) is 16.9. The molecule has 2 amide bonds. The quantitative estimate of drug-likeness (QED) is 0.768. The summed E-state index contributed by atoms with van der Waals surface area (Å²) in [4.78, 5) is 24.4. The van der Waals surface area contributed by atoms with Crippen molar-refractivity contribution in [3.05, 3.63) is 36.0 Å². The first kappa shape index (κ1) is 16.6. The highest BCUT2D eigenvalue weighted by molar-refractivity contribution is 6.00. The Balaban J connectivity index is 1.59. The first-order valence-corrected chi connectivity index (χ1v) is 8.85. The number of carbonyl (C=O) groups is 2. The number of nitrogens with zero attached hydrogens (tertiary/aromatic N) is 1. The first-order valence-electron chi connectivity index (χ1n) is 8.85. The summed E-state index contributed by atoms with van der Waals surface area (Å²) in [5.74, 6) is -0.0881. The van der Waals surface area contributed by atoms with E-state index < -0.39 is 0 Å². The van der Waals surface area contributed by atoms with E-state index in [9.17, 15) is 9.59 Å². The molecule has 0 spiro atoms. The molecular weight excluding hydrogens is 302 g/mol. The number of benzene rings is 1. The van der Waals surface area contributed by atoms with E-state index in [0.717, 1.165) is 30.3 Å². The lowest BCUT2D eigenvalue weighted by atomic mass is 10.1. The number of carbonyl (C=O) groups excluding carboxylic acids is 2. The summed E-state index contributed by atoms with van der Waals surface area (Å²) >= 11 is 0. The van der Waals surface area contributed by atoms with Gasteiger partial charge in [-0.3, -0.25) is 9.59 Å². The number of aromatic nitrogens is 1. The van der Waals surface area contributed by atoms with Crippen LogP contribution in [-0.4, -0.2) is 29.0 Å². The van der Waals surface area contributed by atoms with Gasteiger partial charge in [0.1, 0.15) is 5.69 Å². The molecular formula is C19H25N3O2. The summed E-state index contributed by atoms with van der Waals surface area (Å²) in [5.41, 5.74) is 1.72. The molecule has 0 aliphatic carbocycles. The van der Waals surface area contributed by atoms with Crippen LogP contribution in [0.4, 0.5) is 0 Å². The van der Waals surface area contributed by atoms with Gasteiger partial charge in [-0.2, -0.15) is 0 Å². The third kappa shape index (κ3) is 3.61. The van der Waals surface area contributed by atoms with Gasteiger partial charge in [0.2, 0.25) is 5.91 Å². The summed E-state index contributed by atoms with van der Waals surface area (Å²) in [6.45, 7) is 3.53. The lowest BCUT2D eigenvalue weighted by Crippen LogP contribution is -2.46. The van der Waals surface area contributed by atoms with E-state index in [2.05, 4.69) is 17.6 Å². The number of hydrogen-bond donors (Lipinski definition) is 2. The van der Waals surface area contributed by atoms with Crippen molar-refractivity contribution in [3.8, 4) is 0 Å². The molecule has 5 nitrogen and oxygen atoms in total. The summed E-state index contributed by atoms with van der Waals surface area (Å²) in [5, 5.41) is 6.97. The standard InChI is InChI=1S/C19H25N3O2/c1-2-3-4-7-10-20-18(23)12-15-13-22-16-9-6-5-8-14(16)11-17(22)19(24)21-15/h5-6,8-9,11,15H,2-4,7,10,12-13H2,1H3,(H,20,23)(H,21,24)/t15-/m0/s1. The molecule has 1 aliphatic heterocycles. The first-order chi connectivity index (χ1) is 11.7. The van der Waals surface area contributed by atoms with Gasteiger partial charge in [-0.25, -0.2) is 0 Å². The largest absolute Gasteiger partial charge is 0.356 e. The summed E-state index contributed by atoms with van der Waals surface area (Å²) in [6, 6.07) is 9.72. The van der Waals surface area contributed by atoms with Gasteiger partial charge in [0.15, 0.2) is 0 Å². The number of rotatable bonds is 7. The minimum absolute atomic E-state index is 0.0108. The highest BCUT2D eigenvalue weighted by Crippen LogP contribution is 2.23. The molecule has 3 rings (SSSR count). The normalized spacial score (nSPS) is 16.7. The molecule has 128 valence electrons. The molecule has 1 aliphatic rings. The van der Waals surface area contributed by atoms with Crippen LogP contribution in [0, 0.1) is 0 Å². The predicted molar refractivity (Wildman–Crippen MR) is 95.0 cm³/mol. The van der Waals surface area contributed by atoms with Crippen molar-refractivity contribution in [3.63, 3.8) is 0 Å². The van der Waals surface area contributed by atoms with Crippen LogP contribution in [0.3, 0.4) is 0 Å². The molecule has 0 radical (unpaired) electrons. The van der Waals surface area contributed by atoms with E-state index in [1.165, 1.54) is 12.8 Å². The third-order valence-electron chi connectivity index (χ3n) is 4.57. The average molecular weight is 327 g/mol. The fourth-order valence-corrected chi connectivity index (χ4v) is 3.31. The fraction of sp³-hybridized carbons (Fsp3) is 0.474. The molecule has 0 unspecified atom stereocenters. The van der Waals surface area contributed by atoms with Gasteiger partial charge in [0.25, 0.3) is 5.91 Å². The molecule has 2 N–H and O–H groups in total. The zero-order valence-corrected chi connectivity index (χ0v) is 14.2. The Bertz CT molecular complexity index is 735. The van der Waals surface area contributed by atoms with Crippen molar-refractivity contribution in [2.75, 3.05) is 6.54 Å². The van der Waals surface area contributed by atoms with E-state index in [1.54, 1.807) is 0 Å². The maximum Gasteiger partial charge on any atom is 0.268 e. The molecule has 0 saturated carbocycles. The van der Waals surface area contributed by atoms with Crippen molar-refractivity contribution in [2.24, 2.45) is 0 Å². The van der Waals surface area contributed by atoms with Crippen LogP contribution in [0.5, 0.6) is 0 Å². The topological polar surface area (TPSA) is 63.1 Å². The van der Waals surface area contributed by atoms with Crippen molar-refractivity contribution in [1.29, 1.82) is 0 Å². The molecule has 1 atom stereocenters. The minimum atomic E-state index is -0.156. The van der Waals surface area contributed by atoms with Gasteiger partial charge < -0.3 is 15.2 Å². The van der Waals surface area contributed by atoms with Crippen LogP contribution in [0.1, 0.15) is 49.5 Å². The molecule has 24 heavy (non-hydrogen) atoms. The summed E-state index contributed by atoms with van der Waals surface area (Å²) in [7, 11) is 0. The summed E-state index contributed by atoms with van der Waals surface area (Å²) in [6.07, 6.45) is 4.89. The van der Waals surface area contributed by atoms with Crippen molar-refractivity contribution >= 4 is 22.7 Å². The van der Waals surface area contributed by atoms with Crippen molar-refractivity contribution < 1.29 is 9.59 Å². The van der Waals surface area contributed by atoms with Gasteiger partial charge in [0, 0.05) is 30.4 Å². The van der Waals surface area contributed by atoms with Gasteiger partial charge in [-0.15, -0.1) is 0 Å². The molecule has 1 aromatic heterocycles. The highest BCUT2D eigenvalue weighted by atomic mass is 16.2. The van der Waals surface area contributed by atoms with E-state index in [-0.39, 0.29) is 17.9 Å². The van der Waals surface area contributed by atoms with Crippen LogP contribution in [-0.2, 0) is 11.3 Å². The fourth-order valence-electron chi connectivity index (χ4n) is 3.31. The average Bonchev–Trinajstić information content (AvgIpc) is 2.94. The van der Waals surface area contributed by atoms with Crippen LogP contribution in [0.25, 0.3) is 10.9 Å². The molecule has 5 heteroatoms. The second-order valence-electron chi connectivity index (χ2n) is 6.48. The lowest BCUT2D eigenvalue weighted by molar-refractivity contribution is -0.121. The second-order valence-corrected chi connectivity index (χ2v) is 6.48. The van der Waals surface area contributed by atoms with Crippen LogP contribution < -0.4 is 10.6 Å². The SMILES string of the molecule is CCCCCCNC(=O)C[C@H]1Cn2c(cc3ccccc32)C(=O)N1. The molecule has 2 aromatic rings. The Hall–Kier alpha value is -2.30. The Morgan fingerprint density at radius 1 is 1.29 bits per heavy atom. The predicted octanol–water partition coefficient (Wildman–Crippen LogP) is 2.84. The highest BCUT2D eigenvalue weighted by Gasteiger charge is 2.27. The molecule has 1 aromatic carbocycles. The van der Waals surface area contributed by atoms with E-state index in [1.807, 2.05) is 34.9 Å². The molecule has 0 fully saturated rings. The van der Waals surface area contributed by atoms with Crippen molar-refractivity contribution in [1.82, 2.24) is 15.2 Å². The van der Waals surface area contributed by atoms with Gasteiger partial charge >= 0.3 is 0 Å². The Labute approximate surface area is 142 Å². The molecule has 0 saturated heterocycles. The maximum absolute atomic E-state index is 12.3. The van der Waals surface area contributed by atoms with Gasteiger partial charge in [-0.05, 0) is 18.6 Å². The lowest BCUT2D eigenvalue weighted by Gasteiger charge is -2.26. The second kappa shape index (κ2) is 7.51. The van der Waals surface area contributed by atoms with Crippen LogP contribution >= 0.6 is 0 Å². The number of nitrogens with one attached hydrogen (secondary N) is 2. The monoisotopic (exact) mass is 327 g/mol. The smallest absolute Gasteiger partial charge is 0.268 e. The minimum Gasteiger partial charge on any atom is -0.356 e. The maximum atomic E-state index is 12.3. The number of fused-ring (bicyclic) bond motifs is 3. The number of unbranched alkanes of at least 4 members (excludes halogenated alkanes) is 3. The van der Waals surface area contributed by atoms with E-state index >= 15 is 0 Å². The molecule has 2 heterocycles. The van der Waals surface area contributed by atoms with Gasteiger partial charge in [0.05, 0.1) is 6.04 Å². The number of amides is 2. The Morgan fingerprint density at radius 3 is 2.96 bits per heavy atom. The zero-order valence-electron chi connectivity index (χ0n) is 14.2. The number of para-hydroxylation sites is 1. The Morgan fingerprint density at radius 2 is 2.12 bits per heavy atom.